The highest BCUT2D eigenvalue weighted by Crippen LogP contribution is 2.20. The molecule has 1 heterocycles. The van der Waals surface area contributed by atoms with Crippen molar-refractivity contribution in [2.75, 3.05) is 11.9 Å². The SMILES string of the molecule is CC(C)COc1cccc(NC(=O)c2cnccc2Cl)c1. The highest BCUT2D eigenvalue weighted by Gasteiger charge is 2.10. The molecular weight excluding hydrogens is 288 g/mol. The molecule has 5 heteroatoms. The van der Waals surface area contributed by atoms with Crippen molar-refractivity contribution >= 4 is 23.2 Å². The lowest BCUT2D eigenvalue weighted by Crippen LogP contribution is -2.13. The van der Waals surface area contributed by atoms with Crippen LogP contribution >= 0.6 is 11.6 Å². The van der Waals surface area contributed by atoms with E-state index in [-0.39, 0.29) is 5.91 Å². The quantitative estimate of drug-likeness (QED) is 0.907. The summed E-state index contributed by atoms with van der Waals surface area (Å²) in [5.74, 6) is 0.866. The third-order valence-electron chi connectivity index (χ3n) is 2.69. The van der Waals surface area contributed by atoms with E-state index < -0.39 is 0 Å². The minimum absolute atomic E-state index is 0.297. The van der Waals surface area contributed by atoms with E-state index in [0.717, 1.165) is 5.75 Å². The van der Waals surface area contributed by atoms with Crippen LogP contribution < -0.4 is 10.1 Å². The van der Waals surface area contributed by atoms with Gasteiger partial charge in [0.15, 0.2) is 0 Å². The second-order valence-electron chi connectivity index (χ2n) is 5.04. The van der Waals surface area contributed by atoms with E-state index in [2.05, 4.69) is 24.1 Å². The summed E-state index contributed by atoms with van der Waals surface area (Å²) in [7, 11) is 0. The molecule has 0 unspecified atom stereocenters. The molecule has 0 aliphatic heterocycles. The largest absolute Gasteiger partial charge is 0.493 e. The number of carbonyl (C=O) groups is 1. The van der Waals surface area contributed by atoms with Gasteiger partial charge in [-0.1, -0.05) is 31.5 Å². The predicted molar refractivity (Wildman–Crippen MR) is 84.0 cm³/mol. The first-order chi connectivity index (χ1) is 10.1. The number of halogens is 1. The van der Waals surface area contributed by atoms with E-state index in [1.165, 1.54) is 6.20 Å². The van der Waals surface area contributed by atoms with Gasteiger partial charge >= 0.3 is 0 Å². The summed E-state index contributed by atoms with van der Waals surface area (Å²) in [4.78, 5) is 16.0. The molecule has 0 spiro atoms. The average Bonchev–Trinajstić information content (AvgIpc) is 2.46. The molecule has 0 saturated carbocycles. The van der Waals surface area contributed by atoms with Crippen LogP contribution in [0, 0.1) is 5.92 Å². The zero-order chi connectivity index (χ0) is 15.2. The van der Waals surface area contributed by atoms with Gasteiger partial charge in [0.1, 0.15) is 5.75 Å². The number of pyridine rings is 1. The molecular formula is C16H17ClN2O2. The first kappa shape index (κ1) is 15.3. The number of anilines is 1. The maximum atomic E-state index is 12.1. The Bertz CT molecular complexity index is 629. The number of ether oxygens (including phenoxy) is 1. The van der Waals surface area contributed by atoms with Crippen LogP contribution in [0.25, 0.3) is 0 Å². The van der Waals surface area contributed by atoms with Crippen LogP contribution in [0.1, 0.15) is 24.2 Å². The van der Waals surface area contributed by atoms with Crippen LogP contribution in [-0.2, 0) is 0 Å². The zero-order valence-electron chi connectivity index (χ0n) is 12.0. The fourth-order valence-electron chi connectivity index (χ4n) is 1.67. The molecule has 1 N–H and O–H groups in total. The molecule has 0 fully saturated rings. The first-order valence-corrected chi connectivity index (χ1v) is 7.08. The maximum absolute atomic E-state index is 12.1. The monoisotopic (exact) mass is 304 g/mol. The van der Waals surface area contributed by atoms with Gasteiger partial charge in [-0.15, -0.1) is 0 Å². The van der Waals surface area contributed by atoms with E-state index in [4.69, 9.17) is 16.3 Å². The van der Waals surface area contributed by atoms with Crippen molar-refractivity contribution in [1.29, 1.82) is 0 Å². The number of carbonyl (C=O) groups excluding carboxylic acids is 1. The number of benzene rings is 1. The van der Waals surface area contributed by atoms with Crippen molar-refractivity contribution in [3.63, 3.8) is 0 Å². The number of nitrogens with zero attached hydrogens (tertiary/aromatic N) is 1. The van der Waals surface area contributed by atoms with Crippen LogP contribution in [0.15, 0.2) is 42.7 Å². The van der Waals surface area contributed by atoms with Gasteiger partial charge in [0.25, 0.3) is 5.91 Å². The molecule has 0 saturated heterocycles. The molecule has 0 bridgehead atoms. The van der Waals surface area contributed by atoms with Gasteiger partial charge in [-0.05, 0) is 24.1 Å². The average molecular weight is 305 g/mol. The highest BCUT2D eigenvalue weighted by molar-refractivity contribution is 6.34. The van der Waals surface area contributed by atoms with Gasteiger partial charge in [0, 0.05) is 24.1 Å². The molecule has 0 aliphatic rings. The van der Waals surface area contributed by atoms with Crippen LogP contribution in [0.4, 0.5) is 5.69 Å². The summed E-state index contributed by atoms with van der Waals surface area (Å²) in [6.45, 7) is 4.79. The summed E-state index contributed by atoms with van der Waals surface area (Å²) in [6, 6.07) is 8.85. The van der Waals surface area contributed by atoms with Crippen LogP contribution in [-0.4, -0.2) is 17.5 Å². The summed E-state index contributed by atoms with van der Waals surface area (Å²) in [5, 5.41) is 3.15. The molecule has 0 atom stereocenters. The minimum Gasteiger partial charge on any atom is -0.493 e. The van der Waals surface area contributed by atoms with Crippen LogP contribution in [0.3, 0.4) is 0 Å². The Balaban J connectivity index is 2.07. The molecule has 21 heavy (non-hydrogen) atoms. The summed E-state index contributed by atoms with van der Waals surface area (Å²) < 4.78 is 5.63. The Hall–Kier alpha value is -2.07. The second kappa shape index (κ2) is 7.09. The number of rotatable bonds is 5. The van der Waals surface area contributed by atoms with Crippen molar-refractivity contribution in [2.45, 2.75) is 13.8 Å². The van der Waals surface area contributed by atoms with Crippen molar-refractivity contribution in [1.82, 2.24) is 4.98 Å². The molecule has 0 aliphatic carbocycles. The number of nitrogens with one attached hydrogen (secondary N) is 1. The topological polar surface area (TPSA) is 51.2 Å². The van der Waals surface area contributed by atoms with Gasteiger partial charge in [0.2, 0.25) is 0 Å². The molecule has 1 aromatic heterocycles. The van der Waals surface area contributed by atoms with E-state index in [1.54, 1.807) is 24.4 Å². The Kier molecular flexibility index (Phi) is 5.17. The van der Waals surface area contributed by atoms with Gasteiger partial charge in [0.05, 0.1) is 17.2 Å². The normalized spacial score (nSPS) is 10.5. The Morgan fingerprint density at radius 3 is 2.90 bits per heavy atom. The lowest BCUT2D eigenvalue weighted by molar-refractivity contribution is 0.102. The van der Waals surface area contributed by atoms with E-state index in [9.17, 15) is 4.79 Å². The third-order valence-corrected chi connectivity index (χ3v) is 3.02. The maximum Gasteiger partial charge on any atom is 0.258 e. The molecule has 1 amide bonds. The Morgan fingerprint density at radius 2 is 2.19 bits per heavy atom. The minimum atomic E-state index is -0.297. The van der Waals surface area contributed by atoms with E-state index >= 15 is 0 Å². The lowest BCUT2D eigenvalue weighted by atomic mass is 10.2. The fraction of sp³-hybridized carbons (Fsp3) is 0.250. The van der Waals surface area contributed by atoms with Crippen molar-refractivity contribution in [3.05, 3.63) is 53.3 Å². The van der Waals surface area contributed by atoms with Crippen molar-refractivity contribution < 1.29 is 9.53 Å². The van der Waals surface area contributed by atoms with Gasteiger partial charge < -0.3 is 10.1 Å². The number of hydrogen-bond acceptors (Lipinski definition) is 3. The standard InChI is InChI=1S/C16H17ClN2O2/c1-11(2)10-21-13-5-3-4-12(8-13)19-16(20)14-9-18-7-6-15(14)17/h3-9,11H,10H2,1-2H3,(H,19,20). The molecule has 2 aromatic rings. The summed E-state index contributed by atoms with van der Waals surface area (Å²) in [6.07, 6.45) is 2.98. The van der Waals surface area contributed by atoms with Gasteiger partial charge in [-0.25, -0.2) is 0 Å². The van der Waals surface area contributed by atoms with E-state index in [0.29, 0.717) is 28.8 Å². The molecule has 110 valence electrons. The number of aromatic nitrogens is 1. The number of hydrogen-bond donors (Lipinski definition) is 1. The second-order valence-corrected chi connectivity index (χ2v) is 5.45. The lowest BCUT2D eigenvalue weighted by Gasteiger charge is -2.11. The van der Waals surface area contributed by atoms with Crippen LogP contribution in [0.5, 0.6) is 5.75 Å². The molecule has 1 aromatic carbocycles. The van der Waals surface area contributed by atoms with E-state index in [1.807, 2.05) is 12.1 Å². The first-order valence-electron chi connectivity index (χ1n) is 6.70. The highest BCUT2D eigenvalue weighted by atomic mass is 35.5. The van der Waals surface area contributed by atoms with Gasteiger partial charge in [-0.2, -0.15) is 0 Å². The predicted octanol–water partition coefficient (Wildman–Crippen LogP) is 4.02. The molecule has 0 radical (unpaired) electrons. The van der Waals surface area contributed by atoms with Crippen molar-refractivity contribution in [3.8, 4) is 5.75 Å². The zero-order valence-corrected chi connectivity index (χ0v) is 12.7. The smallest absolute Gasteiger partial charge is 0.258 e. The third kappa shape index (κ3) is 4.46. The summed E-state index contributed by atoms with van der Waals surface area (Å²) in [5.41, 5.74) is 0.994. The van der Waals surface area contributed by atoms with Crippen LogP contribution in [0.2, 0.25) is 5.02 Å². The fourth-order valence-corrected chi connectivity index (χ4v) is 1.86. The Morgan fingerprint density at radius 1 is 1.38 bits per heavy atom. The molecule has 4 nitrogen and oxygen atoms in total. The van der Waals surface area contributed by atoms with Gasteiger partial charge in [-0.3, -0.25) is 9.78 Å². The summed E-state index contributed by atoms with van der Waals surface area (Å²) >= 11 is 5.98. The van der Waals surface area contributed by atoms with Crippen molar-refractivity contribution in [2.24, 2.45) is 5.92 Å². The molecule has 2 rings (SSSR count). The number of amides is 1. The Labute approximate surface area is 129 Å².